The highest BCUT2D eigenvalue weighted by molar-refractivity contribution is 5.94. The number of ether oxygens (including phenoxy) is 1. The lowest BCUT2D eigenvalue weighted by Crippen LogP contribution is -2.38. The van der Waals surface area contributed by atoms with Crippen LogP contribution in [-0.4, -0.2) is 48.8 Å². The first-order valence-electron chi connectivity index (χ1n) is 9.95. The highest BCUT2D eigenvalue weighted by Gasteiger charge is 2.33. The lowest BCUT2D eigenvalue weighted by Gasteiger charge is -2.32. The van der Waals surface area contributed by atoms with Crippen molar-refractivity contribution >= 4 is 17.4 Å². The number of urea groups is 1. The maximum atomic E-state index is 13.3. The van der Waals surface area contributed by atoms with Gasteiger partial charge in [-0.2, -0.15) is 13.2 Å². The summed E-state index contributed by atoms with van der Waals surface area (Å²) in [4.78, 5) is 20.7. The van der Waals surface area contributed by atoms with Crippen molar-refractivity contribution in [2.75, 3.05) is 43.1 Å². The zero-order chi connectivity index (χ0) is 21.1. The fraction of sp³-hybridized carbons (Fsp3) is 0.429. The number of anilines is 2. The van der Waals surface area contributed by atoms with E-state index in [-0.39, 0.29) is 11.7 Å². The topological polar surface area (TPSA) is 57.7 Å². The van der Waals surface area contributed by atoms with Gasteiger partial charge in [-0.25, -0.2) is 4.79 Å². The molecule has 3 heterocycles. The molecule has 2 aliphatic rings. The van der Waals surface area contributed by atoms with E-state index in [2.05, 4.69) is 10.3 Å². The minimum atomic E-state index is -4.49. The van der Waals surface area contributed by atoms with Crippen LogP contribution >= 0.6 is 0 Å². The summed E-state index contributed by atoms with van der Waals surface area (Å²) in [6.45, 7) is 2.63. The Balaban J connectivity index is 1.61. The van der Waals surface area contributed by atoms with Crippen LogP contribution in [0.4, 0.5) is 29.3 Å². The van der Waals surface area contributed by atoms with E-state index in [0.717, 1.165) is 30.5 Å². The summed E-state index contributed by atoms with van der Waals surface area (Å²) in [5, 5.41) is 2.75. The van der Waals surface area contributed by atoms with E-state index in [1.807, 2.05) is 17.0 Å². The van der Waals surface area contributed by atoms with E-state index in [0.29, 0.717) is 38.5 Å². The van der Waals surface area contributed by atoms with E-state index < -0.39 is 17.8 Å². The van der Waals surface area contributed by atoms with Crippen molar-refractivity contribution in [3.05, 3.63) is 53.9 Å². The molecule has 0 unspecified atom stereocenters. The number of halogens is 3. The Bertz CT molecular complexity index is 886. The van der Waals surface area contributed by atoms with Gasteiger partial charge in [-0.3, -0.25) is 4.98 Å². The van der Waals surface area contributed by atoms with Crippen LogP contribution in [0.5, 0.6) is 0 Å². The molecular formula is C21H23F3N4O2. The maximum Gasteiger partial charge on any atom is 0.416 e. The van der Waals surface area contributed by atoms with Gasteiger partial charge in [0.2, 0.25) is 0 Å². The van der Waals surface area contributed by atoms with E-state index >= 15 is 0 Å². The van der Waals surface area contributed by atoms with Crippen LogP contribution < -0.4 is 10.2 Å². The van der Waals surface area contributed by atoms with Gasteiger partial charge in [0.05, 0.1) is 36.2 Å². The highest BCUT2D eigenvalue weighted by atomic mass is 19.4. The number of hydrogen-bond acceptors (Lipinski definition) is 4. The fourth-order valence-electron chi connectivity index (χ4n) is 4.02. The van der Waals surface area contributed by atoms with Gasteiger partial charge in [0.15, 0.2) is 0 Å². The molecule has 160 valence electrons. The van der Waals surface area contributed by atoms with E-state index in [9.17, 15) is 18.0 Å². The Morgan fingerprint density at radius 2 is 1.83 bits per heavy atom. The number of carbonyl (C=O) groups is 1. The summed E-state index contributed by atoms with van der Waals surface area (Å²) in [7, 11) is 0. The first-order valence-corrected chi connectivity index (χ1v) is 9.95. The zero-order valence-electron chi connectivity index (χ0n) is 16.4. The summed E-state index contributed by atoms with van der Waals surface area (Å²) >= 11 is 0. The standard InChI is InChI=1S/C21H23F3N4O2/c22-21(23,24)16-3-4-19(27-10-12-30-13-11-27)17(14-16)26-20(29)28-9-1-2-18(28)15-5-7-25-8-6-15/h3-8,14,18H,1-2,9-13H2,(H,26,29)/t18-/m1/s1. The quantitative estimate of drug-likeness (QED) is 0.804. The molecule has 2 fully saturated rings. The van der Waals surface area contributed by atoms with Crippen molar-refractivity contribution < 1.29 is 22.7 Å². The molecule has 1 aromatic heterocycles. The van der Waals surface area contributed by atoms with Crippen molar-refractivity contribution in [3.63, 3.8) is 0 Å². The monoisotopic (exact) mass is 420 g/mol. The predicted molar refractivity (Wildman–Crippen MR) is 106 cm³/mol. The van der Waals surface area contributed by atoms with Crippen LogP contribution in [-0.2, 0) is 10.9 Å². The third-order valence-corrected chi connectivity index (χ3v) is 5.52. The molecule has 2 saturated heterocycles. The number of morpholine rings is 1. The summed E-state index contributed by atoms with van der Waals surface area (Å²) in [5.74, 6) is 0. The second kappa shape index (κ2) is 8.51. The van der Waals surface area contributed by atoms with Crippen LogP contribution in [0, 0.1) is 0 Å². The Labute approximate surface area is 172 Å². The van der Waals surface area contributed by atoms with Crippen LogP contribution in [0.3, 0.4) is 0 Å². The van der Waals surface area contributed by atoms with Gasteiger partial charge in [0, 0.05) is 32.0 Å². The molecule has 1 aromatic carbocycles. The SMILES string of the molecule is O=C(Nc1cc(C(F)(F)F)ccc1N1CCOCC1)N1CCC[C@@H]1c1ccncc1. The van der Waals surface area contributed by atoms with Crippen LogP contribution in [0.2, 0.25) is 0 Å². The molecule has 6 nitrogen and oxygen atoms in total. The number of rotatable bonds is 3. The number of pyridine rings is 1. The predicted octanol–water partition coefficient (Wildman–Crippen LogP) is 4.31. The lowest BCUT2D eigenvalue weighted by molar-refractivity contribution is -0.137. The van der Waals surface area contributed by atoms with Gasteiger partial charge >= 0.3 is 12.2 Å². The Morgan fingerprint density at radius 1 is 1.10 bits per heavy atom. The van der Waals surface area contributed by atoms with Gasteiger partial charge in [0.25, 0.3) is 0 Å². The van der Waals surface area contributed by atoms with Crippen molar-refractivity contribution in [1.82, 2.24) is 9.88 Å². The molecule has 9 heteroatoms. The number of benzene rings is 1. The van der Waals surface area contributed by atoms with Gasteiger partial charge in [-0.1, -0.05) is 0 Å². The molecule has 0 saturated carbocycles. The molecule has 2 aliphatic heterocycles. The van der Waals surface area contributed by atoms with Crippen molar-refractivity contribution in [2.24, 2.45) is 0 Å². The minimum Gasteiger partial charge on any atom is -0.378 e. The summed E-state index contributed by atoms with van der Waals surface area (Å²) in [5.41, 5.74) is 0.911. The van der Waals surface area contributed by atoms with Gasteiger partial charge in [-0.05, 0) is 48.7 Å². The molecule has 4 rings (SSSR count). The largest absolute Gasteiger partial charge is 0.416 e. The van der Waals surface area contributed by atoms with Crippen LogP contribution in [0.1, 0.15) is 30.0 Å². The second-order valence-corrected chi connectivity index (χ2v) is 7.39. The highest BCUT2D eigenvalue weighted by Crippen LogP contribution is 2.37. The first-order chi connectivity index (χ1) is 14.4. The van der Waals surface area contributed by atoms with Crippen LogP contribution in [0.25, 0.3) is 0 Å². The summed E-state index contributed by atoms with van der Waals surface area (Å²) < 4.78 is 45.2. The number of carbonyl (C=O) groups excluding carboxylic acids is 1. The number of amides is 2. The fourth-order valence-corrected chi connectivity index (χ4v) is 4.02. The van der Waals surface area contributed by atoms with Gasteiger partial charge < -0.3 is 19.9 Å². The number of hydrogen-bond donors (Lipinski definition) is 1. The number of aromatic nitrogens is 1. The molecule has 0 bridgehead atoms. The number of nitrogens with one attached hydrogen (secondary N) is 1. The third kappa shape index (κ3) is 4.35. The zero-order valence-corrected chi connectivity index (χ0v) is 16.4. The average Bonchev–Trinajstić information content (AvgIpc) is 3.24. The molecule has 2 aromatic rings. The molecule has 0 spiro atoms. The normalized spacial score (nSPS) is 19.8. The molecule has 1 N–H and O–H groups in total. The van der Waals surface area contributed by atoms with Gasteiger partial charge in [0.1, 0.15) is 0 Å². The number of alkyl halides is 3. The van der Waals surface area contributed by atoms with E-state index in [1.54, 1.807) is 17.3 Å². The van der Waals surface area contributed by atoms with E-state index in [1.165, 1.54) is 6.07 Å². The Kier molecular flexibility index (Phi) is 5.80. The maximum absolute atomic E-state index is 13.3. The Morgan fingerprint density at radius 3 is 2.53 bits per heavy atom. The third-order valence-electron chi connectivity index (χ3n) is 5.52. The number of likely N-dealkylation sites (tertiary alicyclic amines) is 1. The molecular weight excluding hydrogens is 397 g/mol. The second-order valence-electron chi connectivity index (χ2n) is 7.39. The summed E-state index contributed by atoms with van der Waals surface area (Å²) in [6, 6.07) is 6.69. The van der Waals surface area contributed by atoms with Crippen molar-refractivity contribution in [3.8, 4) is 0 Å². The first kappa shape index (κ1) is 20.5. The van der Waals surface area contributed by atoms with Crippen molar-refractivity contribution in [1.29, 1.82) is 0 Å². The molecule has 0 aliphatic carbocycles. The van der Waals surface area contributed by atoms with Crippen molar-refractivity contribution in [2.45, 2.75) is 25.1 Å². The number of nitrogens with zero attached hydrogens (tertiary/aromatic N) is 3. The Hall–Kier alpha value is -2.81. The lowest BCUT2D eigenvalue weighted by atomic mass is 10.1. The van der Waals surface area contributed by atoms with Gasteiger partial charge in [-0.15, -0.1) is 0 Å². The minimum absolute atomic E-state index is 0.120. The van der Waals surface area contributed by atoms with E-state index in [4.69, 9.17) is 4.74 Å². The molecule has 2 amide bonds. The molecule has 1 atom stereocenters. The smallest absolute Gasteiger partial charge is 0.378 e. The molecule has 0 radical (unpaired) electrons. The van der Waals surface area contributed by atoms with Crippen LogP contribution in [0.15, 0.2) is 42.7 Å². The average molecular weight is 420 g/mol. The summed E-state index contributed by atoms with van der Waals surface area (Å²) in [6.07, 6.45) is 0.492. The molecule has 30 heavy (non-hydrogen) atoms.